The van der Waals surface area contributed by atoms with Crippen molar-refractivity contribution in [2.75, 3.05) is 23.4 Å². The minimum Gasteiger partial charge on any atom is -0.477 e. The summed E-state index contributed by atoms with van der Waals surface area (Å²) in [6, 6.07) is 13.6. The molecule has 0 spiro atoms. The number of hydrogen-bond acceptors (Lipinski definition) is 5. The summed E-state index contributed by atoms with van der Waals surface area (Å²) in [7, 11) is 0. The molecule has 1 aromatic heterocycles. The highest BCUT2D eigenvalue weighted by Crippen LogP contribution is 2.44. The highest BCUT2D eigenvalue weighted by molar-refractivity contribution is 6.06. The number of carbonyl (C=O) groups excluding carboxylic acids is 3. The van der Waals surface area contributed by atoms with Gasteiger partial charge in [-0.1, -0.05) is 43.3 Å². The average molecular weight is 756 g/mol. The minimum atomic E-state index is -4.68. The number of benzene rings is 3. The van der Waals surface area contributed by atoms with Crippen molar-refractivity contribution in [2.24, 2.45) is 5.92 Å². The molecule has 54 heavy (non-hydrogen) atoms. The minimum absolute atomic E-state index is 0.00570. The molecule has 282 valence electrons. The number of anilines is 2. The first-order valence-electron chi connectivity index (χ1n) is 16.7. The van der Waals surface area contributed by atoms with E-state index in [1.165, 1.54) is 36.1 Å². The Labute approximate surface area is 304 Å². The lowest BCUT2D eigenvalue weighted by molar-refractivity contribution is -0.126. The molecule has 6 rings (SSSR count). The zero-order valence-electron chi connectivity index (χ0n) is 28.9. The van der Waals surface area contributed by atoms with Crippen LogP contribution in [0.5, 0.6) is 5.75 Å². The van der Waals surface area contributed by atoms with E-state index in [1.54, 1.807) is 54.9 Å². The van der Waals surface area contributed by atoms with Crippen molar-refractivity contribution in [3.63, 3.8) is 0 Å². The van der Waals surface area contributed by atoms with Crippen molar-refractivity contribution < 1.29 is 49.9 Å². The second-order valence-electron chi connectivity index (χ2n) is 12.7. The van der Waals surface area contributed by atoms with E-state index < -0.39 is 83.0 Å². The third kappa shape index (κ3) is 7.19. The Bertz CT molecular complexity index is 2170. The van der Waals surface area contributed by atoms with Gasteiger partial charge >= 0.3 is 6.18 Å². The molecule has 2 aliphatic rings. The number of hydrogen-bond donors (Lipinski definition) is 2. The quantitative estimate of drug-likeness (QED) is 0.139. The molecule has 0 radical (unpaired) electrons. The van der Waals surface area contributed by atoms with Gasteiger partial charge in [-0.15, -0.1) is 0 Å². The Morgan fingerprint density at radius 3 is 2.31 bits per heavy atom. The topological polar surface area (TPSA) is 106 Å². The smallest absolute Gasteiger partial charge is 0.412 e. The first kappa shape index (κ1) is 37.8. The molecular formula is C38H32F7N5O4. The van der Waals surface area contributed by atoms with Crippen LogP contribution in [0, 0.1) is 36.1 Å². The number of para-hydroxylation sites is 1. The van der Waals surface area contributed by atoms with Gasteiger partial charge in [0.2, 0.25) is 11.6 Å². The van der Waals surface area contributed by atoms with Gasteiger partial charge in [-0.25, -0.2) is 13.5 Å². The SMILES string of the molecule is CCN1C(=O)[C@H](NC(=O)C2=CCC(C)C(C(F)(F)F)=C2)[C@@H](c2cccc(NC(=O)COc3c(F)c(F)cc(F)c3F)c2)c2c(C)nn(-c3ccccc3)c21. The van der Waals surface area contributed by atoms with Crippen LogP contribution in [0.15, 0.2) is 84.0 Å². The van der Waals surface area contributed by atoms with Gasteiger partial charge in [0.15, 0.2) is 24.0 Å². The summed E-state index contributed by atoms with van der Waals surface area (Å²) in [4.78, 5) is 42.4. The lowest BCUT2D eigenvalue weighted by atomic mass is 9.80. The van der Waals surface area contributed by atoms with Crippen molar-refractivity contribution in [3.8, 4) is 11.4 Å². The van der Waals surface area contributed by atoms with Crippen LogP contribution in [0.25, 0.3) is 5.69 Å². The molecule has 1 aliphatic heterocycles. The number of fused-ring (bicyclic) bond motifs is 1. The van der Waals surface area contributed by atoms with Crippen LogP contribution in [-0.4, -0.2) is 52.9 Å². The first-order valence-corrected chi connectivity index (χ1v) is 16.7. The monoisotopic (exact) mass is 755 g/mol. The van der Waals surface area contributed by atoms with Crippen LogP contribution in [-0.2, 0) is 14.4 Å². The molecule has 1 unspecified atom stereocenters. The lowest BCUT2D eigenvalue weighted by Gasteiger charge is -2.38. The average Bonchev–Trinajstić information content (AvgIpc) is 3.47. The molecule has 0 bridgehead atoms. The normalized spacial score (nSPS) is 18.4. The van der Waals surface area contributed by atoms with Gasteiger partial charge in [-0.3, -0.25) is 19.3 Å². The largest absolute Gasteiger partial charge is 0.477 e. The van der Waals surface area contributed by atoms with Crippen LogP contribution in [0.3, 0.4) is 0 Å². The van der Waals surface area contributed by atoms with Crippen LogP contribution in [0.2, 0.25) is 0 Å². The van der Waals surface area contributed by atoms with Gasteiger partial charge in [0.1, 0.15) is 11.9 Å². The Kier molecular flexibility index (Phi) is 10.4. The number of alkyl halides is 3. The fourth-order valence-corrected chi connectivity index (χ4v) is 6.66. The number of allylic oxidation sites excluding steroid dienone is 2. The predicted octanol–water partition coefficient (Wildman–Crippen LogP) is 7.19. The third-order valence-electron chi connectivity index (χ3n) is 9.19. The highest BCUT2D eigenvalue weighted by atomic mass is 19.4. The third-order valence-corrected chi connectivity index (χ3v) is 9.19. The molecule has 3 aromatic carbocycles. The van der Waals surface area contributed by atoms with Crippen LogP contribution in [0.1, 0.15) is 43.0 Å². The molecule has 0 saturated carbocycles. The molecule has 1 aliphatic carbocycles. The van der Waals surface area contributed by atoms with Crippen LogP contribution >= 0.6 is 0 Å². The maximum absolute atomic E-state index is 14.4. The summed E-state index contributed by atoms with van der Waals surface area (Å²) in [6.45, 7) is 3.90. The van der Waals surface area contributed by atoms with E-state index in [1.807, 2.05) is 0 Å². The molecule has 0 fully saturated rings. The number of amides is 3. The molecule has 4 aromatic rings. The Morgan fingerprint density at radius 2 is 1.67 bits per heavy atom. The second-order valence-corrected chi connectivity index (χ2v) is 12.7. The Morgan fingerprint density at radius 1 is 0.981 bits per heavy atom. The van der Waals surface area contributed by atoms with Gasteiger partial charge in [0.25, 0.3) is 17.7 Å². The molecule has 2 N–H and O–H groups in total. The molecule has 2 heterocycles. The number of rotatable bonds is 9. The second kappa shape index (κ2) is 14.8. The molecule has 0 saturated heterocycles. The molecule has 3 atom stereocenters. The summed E-state index contributed by atoms with van der Waals surface area (Å²) in [6.07, 6.45) is -2.57. The molecule has 3 amide bonds. The molecule has 9 nitrogen and oxygen atoms in total. The van der Waals surface area contributed by atoms with Gasteiger partial charge in [0.05, 0.1) is 11.4 Å². The summed E-state index contributed by atoms with van der Waals surface area (Å²) in [5.41, 5.74) is 0.913. The summed E-state index contributed by atoms with van der Waals surface area (Å²) < 4.78 is 103. The molecular weight excluding hydrogens is 723 g/mol. The maximum Gasteiger partial charge on any atom is 0.412 e. The van der Waals surface area contributed by atoms with Gasteiger partial charge in [-0.2, -0.15) is 27.1 Å². The number of carbonyl (C=O) groups is 3. The predicted molar refractivity (Wildman–Crippen MR) is 183 cm³/mol. The van der Waals surface area contributed by atoms with Gasteiger partial charge < -0.3 is 15.4 Å². The first-order chi connectivity index (χ1) is 25.6. The number of aryl methyl sites for hydroxylation is 1. The molecule has 16 heteroatoms. The van der Waals surface area contributed by atoms with E-state index in [2.05, 4.69) is 10.6 Å². The van der Waals surface area contributed by atoms with Crippen molar-refractivity contribution in [1.82, 2.24) is 15.1 Å². The van der Waals surface area contributed by atoms with Crippen molar-refractivity contribution >= 4 is 29.2 Å². The van der Waals surface area contributed by atoms with Gasteiger partial charge in [-0.05, 0) is 62.1 Å². The Balaban J connectivity index is 1.38. The van der Waals surface area contributed by atoms with E-state index >= 15 is 0 Å². The number of halogens is 7. The Hall–Kier alpha value is -5.93. The zero-order valence-corrected chi connectivity index (χ0v) is 28.9. The van der Waals surface area contributed by atoms with Crippen molar-refractivity contribution in [3.05, 3.63) is 124 Å². The van der Waals surface area contributed by atoms with E-state index in [0.29, 0.717) is 28.3 Å². The van der Waals surface area contributed by atoms with E-state index in [-0.39, 0.29) is 30.3 Å². The summed E-state index contributed by atoms with van der Waals surface area (Å²) in [5.74, 6) is -12.5. The number of nitrogens with zero attached hydrogens (tertiary/aromatic N) is 3. The number of ether oxygens (including phenoxy) is 1. The van der Waals surface area contributed by atoms with E-state index in [4.69, 9.17) is 9.84 Å². The maximum atomic E-state index is 14.4. The number of nitrogens with one attached hydrogen (secondary N) is 2. The number of likely N-dealkylation sites (N-methyl/N-ethyl adjacent to an activating group) is 1. The number of aromatic nitrogens is 2. The zero-order chi connectivity index (χ0) is 39.1. The van der Waals surface area contributed by atoms with Crippen molar-refractivity contribution in [2.45, 2.75) is 45.3 Å². The lowest BCUT2D eigenvalue weighted by Crippen LogP contribution is -2.55. The van der Waals surface area contributed by atoms with E-state index in [9.17, 15) is 45.1 Å². The van der Waals surface area contributed by atoms with Crippen LogP contribution < -0.4 is 20.3 Å². The van der Waals surface area contributed by atoms with Crippen molar-refractivity contribution in [1.29, 1.82) is 0 Å². The highest BCUT2D eigenvalue weighted by Gasteiger charge is 2.46. The van der Waals surface area contributed by atoms with Crippen LogP contribution in [0.4, 0.5) is 42.2 Å². The fourth-order valence-electron chi connectivity index (χ4n) is 6.66. The standard InChI is InChI=1S/C38H32F7N5O4/c1-4-49-36-29(20(3)48-50(36)24-11-6-5-7-12-24)30(33(37(49)53)47-35(52)22-14-13-19(2)25(16-22)38(43,44)45)21-9-8-10-23(15-21)46-28(51)18-54-34-31(41)26(39)17-27(40)32(34)42/h5-12,14-17,19,30,33H,4,13,18H2,1-3H3,(H,46,51)(H,47,52)/t19?,30-,33+/m0/s1. The van der Waals surface area contributed by atoms with E-state index in [0.717, 1.165) is 6.08 Å². The summed E-state index contributed by atoms with van der Waals surface area (Å²) >= 11 is 0. The van der Waals surface area contributed by atoms with Gasteiger partial charge in [0, 0.05) is 40.9 Å². The fraction of sp³-hybridized carbons (Fsp3) is 0.263. The summed E-state index contributed by atoms with van der Waals surface area (Å²) in [5, 5.41) is 9.89.